The molecule has 5 heteroatoms. The first-order valence-electron chi connectivity index (χ1n) is 29.5. The Hall–Kier alpha value is -0.910. The summed E-state index contributed by atoms with van der Waals surface area (Å²) >= 11 is 0. The monoisotopic (exact) mass is 904 g/mol. The zero-order valence-corrected chi connectivity index (χ0v) is 43.7. The second-order valence-corrected chi connectivity index (χ2v) is 20.6. The number of unbranched alkanes of at least 4 members (excludes halogenated alkanes) is 44. The second kappa shape index (κ2) is 54.7. The number of rotatable bonds is 55. The van der Waals surface area contributed by atoms with Crippen LogP contribution < -0.4 is 5.32 Å². The lowest BCUT2D eigenvalue weighted by Gasteiger charge is -2.23. The van der Waals surface area contributed by atoms with Crippen molar-refractivity contribution in [2.45, 2.75) is 353 Å². The van der Waals surface area contributed by atoms with E-state index < -0.39 is 18.2 Å². The van der Waals surface area contributed by atoms with E-state index in [0.29, 0.717) is 12.8 Å². The van der Waals surface area contributed by atoms with Gasteiger partial charge in [-0.15, -0.1) is 0 Å². The van der Waals surface area contributed by atoms with Crippen molar-refractivity contribution in [1.82, 2.24) is 5.32 Å². The number of hydrogen-bond donors (Lipinski definition) is 4. The number of hydrogen-bond acceptors (Lipinski definition) is 4. The Morgan fingerprint density at radius 1 is 0.375 bits per heavy atom. The first kappa shape index (κ1) is 63.1. The van der Waals surface area contributed by atoms with Gasteiger partial charge in [0.15, 0.2) is 0 Å². The zero-order valence-electron chi connectivity index (χ0n) is 43.7. The second-order valence-electron chi connectivity index (χ2n) is 20.6. The van der Waals surface area contributed by atoms with Gasteiger partial charge in [0, 0.05) is 0 Å². The first-order valence-corrected chi connectivity index (χ1v) is 29.5. The molecule has 64 heavy (non-hydrogen) atoms. The van der Waals surface area contributed by atoms with Crippen LogP contribution in [0.15, 0.2) is 12.2 Å². The fraction of sp³-hybridized carbons (Fsp3) is 0.949. The van der Waals surface area contributed by atoms with Gasteiger partial charge in [0.2, 0.25) is 5.91 Å². The highest BCUT2D eigenvalue weighted by atomic mass is 16.3. The fourth-order valence-corrected chi connectivity index (χ4v) is 9.58. The van der Waals surface area contributed by atoms with Crippen LogP contribution in [-0.4, -0.2) is 46.1 Å². The van der Waals surface area contributed by atoms with E-state index in [1.807, 2.05) is 0 Å². The summed E-state index contributed by atoms with van der Waals surface area (Å²) in [6, 6.07) is -0.655. The molecule has 0 saturated carbocycles. The molecule has 0 heterocycles. The van der Waals surface area contributed by atoms with Crippen LogP contribution in [0.25, 0.3) is 0 Å². The average Bonchev–Trinajstić information content (AvgIpc) is 3.29. The Balaban J connectivity index is 3.41. The lowest BCUT2D eigenvalue weighted by atomic mass is 10.0. The van der Waals surface area contributed by atoms with E-state index in [9.17, 15) is 20.1 Å². The predicted molar refractivity (Wildman–Crippen MR) is 282 cm³/mol. The van der Waals surface area contributed by atoms with Crippen molar-refractivity contribution in [3.8, 4) is 0 Å². The van der Waals surface area contributed by atoms with Gasteiger partial charge in [0.25, 0.3) is 0 Å². The lowest BCUT2D eigenvalue weighted by Crippen LogP contribution is -2.46. The van der Waals surface area contributed by atoms with Gasteiger partial charge in [-0.1, -0.05) is 302 Å². The minimum Gasteiger partial charge on any atom is -0.394 e. The Morgan fingerprint density at radius 2 is 0.625 bits per heavy atom. The number of carbonyl (C=O) groups excluding carboxylic acids is 1. The molecule has 0 aliphatic rings. The van der Waals surface area contributed by atoms with Crippen molar-refractivity contribution in [2.75, 3.05) is 6.61 Å². The number of nitrogens with one attached hydrogen (secondary N) is 1. The number of aliphatic hydroxyl groups is 3. The van der Waals surface area contributed by atoms with Crippen LogP contribution in [0.2, 0.25) is 0 Å². The maximum absolute atomic E-state index is 12.5. The largest absolute Gasteiger partial charge is 0.394 e. The average molecular weight is 905 g/mol. The maximum atomic E-state index is 12.5. The van der Waals surface area contributed by atoms with Gasteiger partial charge in [0.05, 0.1) is 31.3 Å². The highest BCUT2D eigenvalue weighted by molar-refractivity contribution is 5.76. The standard InChI is InChI=1S/C59H117NO4/c1-3-5-7-9-11-13-15-17-18-19-20-21-22-23-24-25-26-27-28-29-30-31-32-33-34-35-36-37-38-39-40-41-42-44-46-48-50-52-56(62)54-59(64)60-57(55-61)58(63)53-51-49-47-45-43-16-14-12-10-8-6-4-2/h29-30,56-58,61-63H,3-28,31-55H2,1-2H3,(H,60,64)/b30-29-. The van der Waals surface area contributed by atoms with Crippen LogP contribution in [0.3, 0.4) is 0 Å². The molecule has 0 aromatic carbocycles. The third kappa shape index (κ3) is 50.5. The normalized spacial score (nSPS) is 13.3. The van der Waals surface area contributed by atoms with E-state index in [1.54, 1.807) is 0 Å². The number of aliphatic hydroxyl groups excluding tert-OH is 3. The highest BCUT2D eigenvalue weighted by Gasteiger charge is 2.21. The predicted octanol–water partition coefficient (Wildman–Crippen LogP) is 18.3. The first-order chi connectivity index (χ1) is 31.5. The molecule has 0 saturated heterocycles. The van der Waals surface area contributed by atoms with Gasteiger partial charge < -0.3 is 20.6 Å². The van der Waals surface area contributed by atoms with E-state index in [0.717, 1.165) is 25.7 Å². The van der Waals surface area contributed by atoms with Gasteiger partial charge in [-0.2, -0.15) is 0 Å². The minimum absolute atomic E-state index is 0.0408. The fourth-order valence-electron chi connectivity index (χ4n) is 9.58. The van der Waals surface area contributed by atoms with E-state index >= 15 is 0 Å². The molecule has 5 nitrogen and oxygen atoms in total. The number of allylic oxidation sites excluding steroid dienone is 2. The Labute approximate surface area is 401 Å². The van der Waals surface area contributed by atoms with Crippen molar-refractivity contribution in [2.24, 2.45) is 0 Å². The van der Waals surface area contributed by atoms with E-state index in [1.165, 1.54) is 276 Å². The third-order valence-corrected chi connectivity index (χ3v) is 14.1. The molecular formula is C59H117NO4. The third-order valence-electron chi connectivity index (χ3n) is 14.1. The lowest BCUT2D eigenvalue weighted by molar-refractivity contribution is -0.125. The van der Waals surface area contributed by atoms with E-state index in [-0.39, 0.29) is 18.9 Å². The van der Waals surface area contributed by atoms with Gasteiger partial charge in [-0.3, -0.25) is 4.79 Å². The summed E-state index contributed by atoms with van der Waals surface area (Å²) in [6.45, 7) is 4.29. The molecule has 4 N–H and O–H groups in total. The SMILES string of the molecule is CCCCCCCCCCCCCCCCCCCC/C=C\CCCCCCCCCCCCCCCCCC(O)CC(=O)NC(CO)C(O)CCCCCCCCCCCCCC. The van der Waals surface area contributed by atoms with Crippen molar-refractivity contribution < 1.29 is 20.1 Å². The van der Waals surface area contributed by atoms with E-state index in [4.69, 9.17) is 0 Å². The van der Waals surface area contributed by atoms with Gasteiger partial charge in [-0.25, -0.2) is 0 Å². The molecule has 1 amide bonds. The Kier molecular flexibility index (Phi) is 53.9. The molecule has 3 atom stereocenters. The molecule has 0 aromatic rings. The molecule has 0 spiro atoms. The van der Waals surface area contributed by atoms with Gasteiger partial charge in [-0.05, 0) is 38.5 Å². The summed E-state index contributed by atoms with van der Waals surface area (Å²) in [5.74, 6) is -0.278. The number of carbonyl (C=O) groups is 1. The topological polar surface area (TPSA) is 89.8 Å². The zero-order chi connectivity index (χ0) is 46.5. The van der Waals surface area contributed by atoms with Gasteiger partial charge >= 0.3 is 0 Å². The maximum Gasteiger partial charge on any atom is 0.222 e. The Bertz CT molecular complexity index is 909. The molecule has 0 rings (SSSR count). The molecule has 3 unspecified atom stereocenters. The Morgan fingerprint density at radius 3 is 0.906 bits per heavy atom. The van der Waals surface area contributed by atoms with Crippen LogP contribution in [0, 0.1) is 0 Å². The smallest absolute Gasteiger partial charge is 0.222 e. The summed E-state index contributed by atoms with van der Waals surface area (Å²) in [7, 11) is 0. The van der Waals surface area contributed by atoms with Gasteiger partial charge in [0.1, 0.15) is 0 Å². The summed E-state index contributed by atoms with van der Waals surface area (Å²) in [5, 5.41) is 33.5. The minimum atomic E-state index is -0.745. The van der Waals surface area contributed by atoms with Crippen LogP contribution in [0.4, 0.5) is 0 Å². The summed E-state index contributed by atoms with van der Waals surface area (Å²) in [6.07, 6.45) is 68.3. The molecule has 0 fully saturated rings. The van der Waals surface area contributed by atoms with Crippen LogP contribution >= 0.6 is 0 Å². The highest BCUT2D eigenvalue weighted by Crippen LogP contribution is 2.18. The van der Waals surface area contributed by atoms with Crippen molar-refractivity contribution >= 4 is 5.91 Å². The van der Waals surface area contributed by atoms with Crippen molar-refractivity contribution in [1.29, 1.82) is 0 Å². The molecular weight excluding hydrogens is 787 g/mol. The van der Waals surface area contributed by atoms with Crippen LogP contribution in [0.5, 0.6) is 0 Å². The summed E-state index contributed by atoms with van der Waals surface area (Å²) in [5.41, 5.74) is 0. The molecule has 0 aliphatic carbocycles. The molecule has 0 aliphatic heterocycles. The summed E-state index contributed by atoms with van der Waals surface area (Å²) < 4.78 is 0. The van der Waals surface area contributed by atoms with Crippen molar-refractivity contribution in [3.05, 3.63) is 12.2 Å². The molecule has 0 bridgehead atoms. The van der Waals surface area contributed by atoms with Crippen LogP contribution in [0.1, 0.15) is 335 Å². The summed E-state index contributed by atoms with van der Waals surface area (Å²) in [4.78, 5) is 12.5. The quantitative estimate of drug-likeness (QED) is 0.0362. The van der Waals surface area contributed by atoms with Crippen molar-refractivity contribution in [3.63, 3.8) is 0 Å². The van der Waals surface area contributed by atoms with E-state index in [2.05, 4.69) is 31.3 Å². The molecule has 0 radical (unpaired) electrons. The molecule has 382 valence electrons. The molecule has 0 aromatic heterocycles. The van der Waals surface area contributed by atoms with Crippen LogP contribution in [-0.2, 0) is 4.79 Å². The number of amides is 1.